The number of esters is 1. The van der Waals surface area contributed by atoms with Crippen LogP contribution in [0.3, 0.4) is 0 Å². The molecule has 0 spiro atoms. The number of carbonyl (C=O) groups excluding carboxylic acids is 3. The Balaban J connectivity index is 2.05. The quantitative estimate of drug-likeness (QED) is 0.257. The van der Waals surface area contributed by atoms with E-state index in [2.05, 4.69) is 22.5 Å². The van der Waals surface area contributed by atoms with Crippen molar-refractivity contribution < 1.29 is 43.2 Å². The van der Waals surface area contributed by atoms with Gasteiger partial charge in [-0.2, -0.15) is 0 Å². The van der Waals surface area contributed by atoms with Crippen molar-refractivity contribution >= 4 is 17.8 Å². The van der Waals surface area contributed by atoms with Gasteiger partial charge in [0.25, 0.3) is 0 Å². The molecule has 2 unspecified atom stereocenters. The van der Waals surface area contributed by atoms with E-state index in [4.69, 9.17) is 23.7 Å². The number of methoxy groups -OCH3 is 1. The number of hydrogen-bond donors (Lipinski definition) is 3. The predicted octanol–water partition coefficient (Wildman–Crippen LogP) is 2.18. The number of nitrogens with one attached hydrogen (secondary N) is 2. The maximum absolute atomic E-state index is 14.2. The summed E-state index contributed by atoms with van der Waals surface area (Å²) in [6.07, 6.45) is -3.02. The molecule has 3 aliphatic heterocycles. The van der Waals surface area contributed by atoms with Crippen molar-refractivity contribution in [3.63, 3.8) is 0 Å². The van der Waals surface area contributed by atoms with E-state index in [0.717, 1.165) is 6.54 Å². The van der Waals surface area contributed by atoms with E-state index in [9.17, 15) is 19.5 Å². The first-order valence-corrected chi connectivity index (χ1v) is 17.3. The molecule has 0 bridgehead atoms. The molecule has 1 amide bonds. The standard InChI is InChI=1S/C34H62N4O9/c1-13-25-34(8)28(36-32(42)47-34)22(6)38(11)18-19(3)16-33(7,43-12)29(20(4)26(39)21(5)30(41)45-25)46-31-27(40)24(37(9)10)15-23(44-31)17-35-14-2/h19-25,27-29,31,35,40H,13-18H2,1-12H3,(H,36,42)/t19-,20+,21?,22-,23+,24?,25-,27-,28-,29-,31+,33-,34-/m1/s1. The number of ether oxygens (including phenoxy) is 5. The first kappa shape index (κ1) is 39.6. The molecule has 272 valence electrons. The van der Waals surface area contributed by atoms with Crippen LogP contribution in [0.15, 0.2) is 0 Å². The minimum atomic E-state index is -1.15. The average molecular weight is 671 g/mol. The Kier molecular flexibility index (Phi) is 13.7. The second-order valence-corrected chi connectivity index (χ2v) is 14.7. The van der Waals surface area contributed by atoms with Crippen LogP contribution >= 0.6 is 0 Å². The smallest absolute Gasteiger partial charge is 0.408 e. The Morgan fingerprint density at radius 2 is 1.79 bits per heavy atom. The van der Waals surface area contributed by atoms with Crippen LogP contribution < -0.4 is 10.6 Å². The highest BCUT2D eigenvalue weighted by Gasteiger charge is 2.56. The van der Waals surface area contributed by atoms with E-state index in [-0.39, 0.29) is 29.9 Å². The largest absolute Gasteiger partial charge is 0.458 e. The number of carbonyl (C=O) groups is 3. The van der Waals surface area contributed by atoms with Crippen molar-refractivity contribution in [2.24, 2.45) is 17.8 Å². The summed E-state index contributed by atoms with van der Waals surface area (Å²) in [4.78, 5) is 44.6. The van der Waals surface area contributed by atoms with Gasteiger partial charge in [0.15, 0.2) is 17.7 Å². The van der Waals surface area contributed by atoms with E-state index in [1.807, 2.05) is 53.7 Å². The Hall–Kier alpha value is -1.87. The van der Waals surface area contributed by atoms with Gasteiger partial charge in [-0.3, -0.25) is 9.59 Å². The number of fused-ring (bicyclic) bond motifs is 1. The lowest BCUT2D eigenvalue weighted by molar-refractivity contribution is -0.297. The average Bonchev–Trinajstić information content (AvgIpc) is 3.33. The summed E-state index contributed by atoms with van der Waals surface area (Å²) in [5.41, 5.74) is -2.17. The van der Waals surface area contributed by atoms with E-state index >= 15 is 0 Å². The fourth-order valence-electron chi connectivity index (χ4n) is 7.84. The number of nitrogens with zero attached hydrogens (tertiary/aromatic N) is 2. The Morgan fingerprint density at radius 1 is 1.13 bits per heavy atom. The molecule has 3 aliphatic rings. The van der Waals surface area contributed by atoms with Crippen LogP contribution in [0.25, 0.3) is 0 Å². The lowest BCUT2D eigenvalue weighted by Crippen LogP contribution is -2.60. The molecule has 0 aromatic rings. The highest BCUT2D eigenvalue weighted by Crippen LogP contribution is 2.38. The number of aliphatic hydroxyl groups is 1. The van der Waals surface area contributed by atoms with Gasteiger partial charge in [0.1, 0.15) is 18.1 Å². The molecular weight excluding hydrogens is 608 g/mol. The monoisotopic (exact) mass is 670 g/mol. The highest BCUT2D eigenvalue weighted by atomic mass is 16.7. The number of ketones is 1. The number of cyclic esters (lactones) is 1. The normalized spacial score (nSPS) is 43.0. The number of alkyl carbamates (subject to hydrolysis) is 1. The first-order chi connectivity index (χ1) is 21.9. The summed E-state index contributed by atoms with van der Waals surface area (Å²) in [6.45, 7) is 16.9. The van der Waals surface area contributed by atoms with Crippen LogP contribution in [0, 0.1) is 17.8 Å². The minimum Gasteiger partial charge on any atom is -0.458 e. The molecule has 0 saturated carbocycles. The van der Waals surface area contributed by atoms with Crippen molar-refractivity contribution in [3.8, 4) is 0 Å². The fourth-order valence-corrected chi connectivity index (χ4v) is 7.84. The molecule has 13 atom stereocenters. The van der Waals surface area contributed by atoms with Gasteiger partial charge in [-0.25, -0.2) is 4.79 Å². The number of amides is 1. The molecule has 0 aromatic carbocycles. The molecule has 0 aromatic heterocycles. The van der Waals surface area contributed by atoms with E-state index < -0.39 is 65.7 Å². The fraction of sp³-hybridized carbons (Fsp3) is 0.912. The van der Waals surface area contributed by atoms with Gasteiger partial charge in [-0.05, 0) is 80.6 Å². The predicted molar refractivity (Wildman–Crippen MR) is 177 cm³/mol. The summed E-state index contributed by atoms with van der Waals surface area (Å²) < 4.78 is 31.1. The molecule has 13 nitrogen and oxygen atoms in total. The van der Waals surface area contributed by atoms with Gasteiger partial charge in [0.2, 0.25) is 0 Å². The molecule has 3 N–H and O–H groups in total. The van der Waals surface area contributed by atoms with E-state index in [0.29, 0.717) is 32.4 Å². The SMILES string of the molecule is CCNC[C@@H]1CC(N(C)C)[C@@H](O)[C@H](O[C@@H]2[C@@H](C)C(=O)C(C)C(=O)O[C@H](CC)[C@@]3(C)OC(=O)N[C@@H]3[C@@H](C)N(C)C[C@H](C)C[C@@]2(C)OC)O1. The number of likely N-dealkylation sites (N-methyl/N-ethyl adjacent to an activating group) is 3. The molecule has 3 rings (SSSR count). The minimum absolute atomic E-state index is 0.0423. The third-order valence-corrected chi connectivity index (χ3v) is 10.8. The molecular formula is C34H62N4O9. The summed E-state index contributed by atoms with van der Waals surface area (Å²) in [6, 6.07) is -0.903. The molecule has 13 heteroatoms. The van der Waals surface area contributed by atoms with Crippen molar-refractivity contribution in [2.75, 3.05) is 47.9 Å². The molecule has 3 saturated heterocycles. The van der Waals surface area contributed by atoms with Crippen LogP contribution in [0.1, 0.15) is 74.7 Å². The lowest BCUT2D eigenvalue weighted by Gasteiger charge is -2.47. The lowest BCUT2D eigenvalue weighted by atomic mass is 9.78. The highest BCUT2D eigenvalue weighted by molar-refractivity contribution is 6.00. The van der Waals surface area contributed by atoms with E-state index in [1.165, 1.54) is 6.92 Å². The zero-order valence-electron chi connectivity index (χ0n) is 30.7. The van der Waals surface area contributed by atoms with Gasteiger partial charge in [0.05, 0.1) is 23.9 Å². The summed E-state index contributed by atoms with van der Waals surface area (Å²) in [5.74, 6) is -3.03. The molecule has 47 heavy (non-hydrogen) atoms. The topological polar surface area (TPSA) is 148 Å². The zero-order chi connectivity index (χ0) is 35.4. The third kappa shape index (κ3) is 8.66. The van der Waals surface area contributed by atoms with Crippen LogP contribution in [0.4, 0.5) is 4.79 Å². The molecule has 3 heterocycles. The summed E-state index contributed by atoms with van der Waals surface area (Å²) in [7, 11) is 7.41. The first-order valence-electron chi connectivity index (χ1n) is 17.3. The maximum Gasteiger partial charge on any atom is 0.408 e. The summed E-state index contributed by atoms with van der Waals surface area (Å²) in [5, 5.41) is 17.8. The third-order valence-electron chi connectivity index (χ3n) is 10.8. The molecule has 0 aliphatic carbocycles. The van der Waals surface area contributed by atoms with Gasteiger partial charge < -0.3 is 49.2 Å². The second-order valence-electron chi connectivity index (χ2n) is 14.7. The van der Waals surface area contributed by atoms with Gasteiger partial charge in [-0.1, -0.05) is 27.7 Å². The number of Topliss-reactive ketones (excluding diaryl/α,β-unsaturated/α-hetero) is 1. The second kappa shape index (κ2) is 16.2. The molecule has 0 radical (unpaired) electrons. The van der Waals surface area contributed by atoms with Gasteiger partial charge in [0, 0.05) is 38.2 Å². The number of hydrogen-bond acceptors (Lipinski definition) is 12. The number of rotatable bonds is 8. The van der Waals surface area contributed by atoms with Crippen LogP contribution in [0.5, 0.6) is 0 Å². The molecule has 3 fully saturated rings. The van der Waals surface area contributed by atoms with Crippen molar-refractivity contribution in [1.29, 1.82) is 0 Å². The van der Waals surface area contributed by atoms with E-state index in [1.54, 1.807) is 21.0 Å². The summed E-state index contributed by atoms with van der Waals surface area (Å²) >= 11 is 0. The van der Waals surface area contributed by atoms with Gasteiger partial charge in [-0.15, -0.1) is 0 Å². The van der Waals surface area contributed by atoms with Gasteiger partial charge >= 0.3 is 12.1 Å². The maximum atomic E-state index is 14.2. The Morgan fingerprint density at radius 3 is 2.36 bits per heavy atom. The Bertz CT molecular complexity index is 1080. The zero-order valence-corrected chi connectivity index (χ0v) is 30.7. The number of aliphatic hydroxyl groups excluding tert-OH is 1. The van der Waals surface area contributed by atoms with Crippen LogP contribution in [-0.4, -0.2) is 141 Å². The van der Waals surface area contributed by atoms with Crippen LogP contribution in [-0.2, 0) is 33.3 Å². The van der Waals surface area contributed by atoms with Crippen molar-refractivity contribution in [2.45, 2.75) is 135 Å². The van der Waals surface area contributed by atoms with Crippen molar-refractivity contribution in [1.82, 2.24) is 20.4 Å². The Labute approximate surface area is 281 Å². The van der Waals surface area contributed by atoms with Crippen LogP contribution in [0.2, 0.25) is 0 Å². The van der Waals surface area contributed by atoms with Crippen molar-refractivity contribution in [3.05, 3.63) is 0 Å².